The summed E-state index contributed by atoms with van der Waals surface area (Å²) in [6, 6.07) is 7.59. The molecule has 8 nitrogen and oxygen atoms in total. The molecule has 1 amide bonds. The average Bonchev–Trinajstić information content (AvgIpc) is 3.64. The molecule has 0 radical (unpaired) electrons. The third-order valence-electron chi connectivity index (χ3n) is 5.82. The number of fused-ring (bicyclic) bond motifs is 1. The summed E-state index contributed by atoms with van der Waals surface area (Å²) in [4.78, 5) is 34.3. The zero-order chi connectivity index (χ0) is 21.5. The summed E-state index contributed by atoms with van der Waals surface area (Å²) >= 11 is 0. The van der Waals surface area contributed by atoms with E-state index in [1.54, 1.807) is 18.2 Å². The quantitative estimate of drug-likeness (QED) is 0.640. The minimum atomic E-state index is -0.501. The lowest BCUT2D eigenvalue weighted by atomic mass is 10.1. The van der Waals surface area contributed by atoms with Gasteiger partial charge in [0.2, 0.25) is 0 Å². The number of hydrogen-bond acceptors (Lipinski definition) is 6. The molecule has 0 bridgehead atoms. The van der Waals surface area contributed by atoms with Gasteiger partial charge < -0.3 is 14.5 Å². The number of piperazine rings is 1. The Balaban J connectivity index is 1.44. The monoisotopic (exact) mass is 423 g/mol. The van der Waals surface area contributed by atoms with Crippen LogP contribution >= 0.6 is 0 Å². The van der Waals surface area contributed by atoms with Crippen molar-refractivity contribution in [2.75, 3.05) is 38.2 Å². The highest BCUT2D eigenvalue weighted by molar-refractivity contribution is 6.04. The fourth-order valence-corrected chi connectivity index (χ4v) is 4.00. The fourth-order valence-electron chi connectivity index (χ4n) is 4.00. The first-order valence-corrected chi connectivity index (χ1v) is 10.3. The molecule has 1 aliphatic heterocycles. The third-order valence-corrected chi connectivity index (χ3v) is 5.82. The number of rotatable bonds is 4. The number of nitrogens with zero attached hydrogens (tertiary/aromatic N) is 5. The van der Waals surface area contributed by atoms with Gasteiger partial charge >= 0.3 is 0 Å². The number of aromatic nitrogens is 3. The number of methoxy groups -OCH3 is 1. The molecular formula is C22H22FN5O3. The summed E-state index contributed by atoms with van der Waals surface area (Å²) in [6.45, 7) is 2.07. The Morgan fingerprint density at radius 3 is 2.61 bits per heavy atom. The van der Waals surface area contributed by atoms with Crippen LogP contribution in [0.5, 0.6) is 5.75 Å². The Labute approximate surface area is 177 Å². The minimum absolute atomic E-state index is 0.0157. The highest BCUT2D eigenvalue weighted by atomic mass is 19.1. The van der Waals surface area contributed by atoms with E-state index >= 15 is 0 Å². The molecule has 2 aliphatic rings. The van der Waals surface area contributed by atoms with E-state index < -0.39 is 5.82 Å². The van der Waals surface area contributed by atoms with E-state index in [1.165, 1.54) is 22.9 Å². The smallest absolute Gasteiger partial charge is 0.275 e. The van der Waals surface area contributed by atoms with Crippen LogP contribution in [0.3, 0.4) is 0 Å². The zero-order valence-corrected chi connectivity index (χ0v) is 17.1. The van der Waals surface area contributed by atoms with E-state index in [-0.39, 0.29) is 28.6 Å². The lowest BCUT2D eigenvalue weighted by Gasteiger charge is -2.35. The molecule has 2 aromatic heterocycles. The molecule has 0 unspecified atom stereocenters. The molecule has 9 heteroatoms. The van der Waals surface area contributed by atoms with Crippen LogP contribution in [0.15, 0.2) is 41.3 Å². The van der Waals surface area contributed by atoms with Crippen LogP contribution in [0.4, 0.5) is 10.2 Å². The van der Waals surface area contributed by atoms with Gasteiger partial charge in [-0.3, -0.25) is 9.59 Å². The van der Waals surface area contributed by atoms with Crippen LogP contribution in [0.2, 0.25) is 0 Å². The van der Waals surface area contributed by atoms with Crippen LogP contribution in [-0.2, 0) is 0 Å². The molecule has 5 rings (SSSR count). The number of amides is 1. The lowest BCUT2D eigenvalue weighted by molar-refractivity contribution is 0.0740. The Hall–Kier alpha value is -3.49. The summed E-state index contributed by atoms with van der Waals surface area (Å²) in [7, 11) is 1.60. The predicted molar refractivity (Wildman–Crippen MR) is 113 cm³/mol. The SMILES string of the molecule is COc1cccnc1N1CCN(C(=O)c2nn(C3CC3)c(=O)c3ccc(F)cc23)CC1. The maximum atomic E-state index is 13.9. The number of hydrogen-bond donors (Lipinski definition) is 0. The van der Waals surface area contributed by atoms with Crippen molar-refractivity contribution in [3.8, 4) is 5.75 Å². The Bertz CT molecular complexity index is 1220. The van der Waals surface area contributed by atoms with Crippen LogP contribution < -0.4 is 15.2 Å². The minimum Gasteiger partial charge on any atom is -0.493 e. The molecule has 3 aromatic rings. The van der Waals surface area contributed by atoms with E-state index in [4.69, 9.17) is 4.74 Å². The summed E-state index contributed by atoms with van der Waals surface area (Å²) in [5.41, 5.74) is -0.147. The Morgan fingerprint density at radius 2 is 1.90 bits per heavy atom. The summed E-state index contributed by atoms with van der Waals surface area (Å²) in [6.07, 6.45) is 3.43. The summed E-state index contributed by atoms with van der Waals surface area (Å²) in [5, 5.41) is 4.97. The van der Waals surface area contributed by atoms with E-state index in [9.17, 15) is 14.0 Å². The zero-order valence-electron chi connectivity index (χ0n) is 17.1. The van der Waals surface area contributed by atoms with Gasteiger partial charge in [-0.25, -0.2) is 14.1 Å². The molecule has 31 heavy (non-hydrogen) atoms. The molecule has 3 heterocycles. The van der Waals surface area contributed by atoms with Crippen molar-refractivity contribution in [3.63, 3.8) is 0 Å². The van der Waals surface area contributed by atoms with Gasteiger partial charge in [-0.15, -0.1) is 0 Å². The van der Waals surface area contributed by atoms with Gasteiger partial charge in [-0.05, 0) is 43.2 Å². The van der Waals surface area contributed by atoms with Crippen molar-refractivity contribution in [2.45, 2.75) is 18.9 Å². The van der Waals surface area contributed by atoms with Gasteiger partial charge in [-0.1, -0.05) is 0 Å². The molecule has 2 fully saturated rings. The summed E-state index contributed by atoms with van der Waals surface area (Å²) < 4.78 is 20.7. The first-order chi connectivity index (χ1) is 15.1. The van der Waals surface area contributed by atoms with Crippen LogP contribution in [0.25, 0.3) is 10.8 Å². The van der Waals surface area contributed by atoms with Crippen molar-refractivity contribution < 1.29 is 13.9 Å². The van der Waals surface area contributed by atoms with Gasteiger partial charge in [-0.2, -0.15) is 5.10 Å². The number of anilines is 1. The number of ether oxygens (including phenoxy) is 1. The number of pyridine rings is 1. The summed E-state index contributed by atoms with van der Waals surface area (Å²) in [5.74, 6) is 0.628. The van der Waals surface area contributed by atoms with Gasteiger partial charge in [0.1, 0.15) is 5.82 Å². The van der Waals surface area contributed by atoms with Gasteiger partial charge in [0.05, 0.1) is 18.5 Å². The molecule has 160 valence electrons. The van der Waals surface area contributed by atoms with Gasteiger partial charge in [0, 0.05) is 37.8 Å². The maximum Gasteiger partial charge on any atom is 0.275 e. The molecule has 0 atom stereocenters. The molecule has 1 aromatic carbocycles. The van der Waals surface area contributed by atoms with Crippen molar-refractivity contribution in [1.29, 1.82) is 0 Å². The standard InChI is InChI=1S/C22H22FN5O3/c1-31-18-3-2-8-24-20(18)26-9-11-27(12-10-26)22(30)19-17-13-14(23)4-7-16(17)21(29)28(25-19)15-5-6-15/h2-4,7-8,13,15H,5-6,9-12H2,1H3. The van der Waals surface area contributed by atoms with Crippen molar-refractivity contribution in [2.24, 2.45) is 0 Å². The number of carbonyl (C=O) groups excluding carboxylic acids is 1. The van der Waals surface area contributed by atoms with Crippen molar-refractivity contribution in [1.82, 2.24) is 19.7 Å². The first-order valence-electron chi connectivity index (χ1n) is 10.3. The molecule has 0 spiro atoms. The predicted octanol–water partition coefficient (Wildman–Crippen LogP) is 2.24. The van der Waals surface area contributed by atoms with Crippen LogP contribution in [0, 0.1) is 5.82 Å². The molecule has 1 saturated carbocycles. The second kappa shape index (κ2) is 7.64. The number of carbonyl (C=O) groups is 1. The van der Waals surface area contributed by atoms with Gasteiger partial charge in [0.15, 0.2) is 17.3 Å². The fraction of sp³-hybridized carbons (Fsp3) is 0.364. The van der Waals surface area contributed by atoms with E-state index in [0.29, 0.717) is 37.3 Å². The molecule has 1 aliphatic carbocycles. The largest absolute Gasteiger partial charge is 0.493 e. The van der Waals surface area contributed by atoms with Crippen molar-refractivity contribution >= 4 is 22.5 Å². The number of halogens is 1. The van der Waals surface area contributed by atoms with Crippen LogP contribution in [0.1, 0.15) is 29.4 Å². The Morgan fingerprint density at radius 1 is 1.13 bits per heavy atom. The first kappa shape index (κ1) is 19.5. The van der Waals surface area contributed by atoms with E-state index in [1.807, 2.05) is 12.1 Å². The normalized spacial score (nSPS) is 16.6. The second-order valence-electron chi connectivity index (χ2n) is 7.83. The highest BCUT2D eigenvalue weighted by Gasteiger charge is 2.31. The van der Waals surface area contributed by atoms with E-state index in [0.717, 1.165) is 18.7 Å². The Kier molecular flexibility index (Phi) is 4.80. The van der Waals surface area contributed by atoms with E-state index in [2.05, 4.69) is 15.0 Å². The lowest BCUT2D eigenvalue weighted by Crippen LogP contribution is -2.49. The third kappa shape index (κ3) is 3.49. The molecule has 0 N–H and O–H groups in total. The van der Waals surface area contributed by atoms with Crippen LogP contribution in [-0.4, -0.2) is 58.9 Å². The second-order valence-corrected chi connectivity index (χ2v) is 7.83. The topological polar surface area (TPSA) is 80.6 Å². The maximum absolute atomic E-state index is 13.9. The molecule has 1 saturated heterocycles. The highest BCUT2D eigenvalue weighted by Crippen LogP contribution is 2.33. The number of benzene rings is 1. The average molecular weight is 423 g/mol. The van der Waals surface area contributed by atoms with Gasteiger partial charge in [0.25, 0.3) is 11.5 Å². The van der Waals surface area contributed by atoms with Crippen molar-refractivity contribution in [3.05, 3.63) is 58.4 Å². The molecular weight excluding hydrogens is 401 g/mol.